The Morgan fingerprint density at radius 1 is 1.39 bits per heavy atom. The fourth-order valence-electron chi connectivity index (χ4n) is 1.86. The van der Waals surface area contributed by atoms with Crippen LogP contribution in [-0.4, -0.2) is 21.7 Å². The molecule has 2 heterocycles. The zero-order chi connectivity index (χ0) is 13.1. The van der Waals surface area contributed by atoms with E-state index >= 15 is 0 Å². The molecule has 0 saturated carbocycles. The van der Waals surface area contributed by atoms with Crippen molar-refractivity contribution < 1.29 is 4.52 Å². The summed E-state index contributed by atoms with van der Waals surface area (Å²) >= 11 is 0. The van der Waals surface area contributed by atoms with Crippen molar-refractivity contribution in [1.82, 2.24) is 15.1 Å². The predicted octanol–water partition coefficient (Wildman–Crippen LogP) is 2.14. The van der Waals surface area contributed by atoms with Gasteiger partial charge in [0.25, 0.3) is 0 Å². The maximum Gasteiger partial charge on any atom is 0.231 e. The second-order valence-corrected chi connectivity index (χ2v) is 4.71. The van der Waals surface area contributed by atoms with Crippen LogP contribution in [0.2, 0.25) is 0 Å². The number of hydrogen-bond donors (Lipinski definition) is 1. The number of aromatic nitrogens is 3. The molecule has 0 fully saturated rings. The van der Waals surface area contributed by atoms with Crippen molar-refractivity contribution in [1.29, 1.82) is 0 Å². The largest absolute Gasteiger partial charge is 0.339 e. The Bertz CT molecular complexity index is 521. The fourth-order valence-corrected chi connectivity index (χ4v) is 1.86. The topological polar surface area (TPSA) is 77.8 Å². The van der Waals surface area contributed by atoms with Gasteiger partial charge in [0.05, 0.1) is 5.92 Å². The van der Waals surface area contributed by atoms with Gasteiger partial charge in [-0.1, -0.05) is 25.1 Å². The maximum atomic E-state index is 5.74. The molecule has 0 amide bonds. The molecular formula is C13H18N4O. The third-order valence-electron chi connectivity index (χ3n) is 3.04. The Hall–Kier alpha value is -1.75. The Labute approximate surface area is 106 Å². The molecule has 2 rings (SSSR count). The van der Waals surface area contributed by atoms with E-state index in [-0.39, 0.29) is 5.92 Å². The van der Waals surface area contributed by atoms with E-state index in [2.05, 4.69) is 29.0 Å². The van der Waals surface area contributed by atoms with Crippen LogP contribution in [-0.2, 0) is 0 Å². The molecular weight excluding hydrogens is 228 g/mol. The van der Waals surface area contributed by atoms with Crippen LogP contribution in [0.15, 0.2) is 22.9 Å². The summed E-state index contributed by atoms with van der Waals surface area (Å²) in [5, 5.41) is 3.99. The van der Waals surface area contributed by atoms with Crippen LogP contribution in [0.25, 0.3) is 11.5 Å². The number of nitrogens with two attached hydrogens (primary N) is 1. The van der Waals surface area contributed by atoms with Gasteiger partial charge in [0, 0.05) is 12.7 Å². The zero-order valence-corrected chi connectivity index (χ0v) is 10.9. The van der Waals surface area contributed by atoms with E-state index in [0.29, 0.717) is 24.2 Å². The molecule has 0 radical (unpaired) electrons. The standard InChI is InChI=1S/C13H18N4O/c1-8(2)10(7-14)13-16-12(17-18-13)11-9(3)5-4-6-15-11/h4-6,8,10H,7,14H2,1-3H3. The highest BCUT2D eigenvalue weighted by Gasteiger charge is 2.22. The monoisotopic (exact) mass is 246 g/mol. The quantitative estimate of drug-likeness (QED) is 0.894. The van der Waals surface area contributed by atoms with Gasteiger partial charge in [0.15, 0.2) is 0 Å². The van der Waals surface area contributed by atoms with E-state index in [1.165, 1.54) is 0 Å². The summed E-state index contributed by atoms with van der Waals surface area (Å²) in [7, 11) is 0. The number of aryl methyl sites for hydroxylation is 1. The minimum absolute atomic E-state index is 0.0928. The van der Waals surface area contributed by atoms with Gasteiger partial charge in [-0.2, -0.15) is 4.98 Å². The zero-order valence-electron chi connectivity index (χ0n) is 10.9. The lowest BCUT2D eigenvalue weighted by atomic mass is 9.96. The summed E-state index contributed by atoms with van der Waals surface area (Å²) in [6.45, 7) is 6.66. The molecule has 5 heteroatoms. The van der Waals surface area contributed by atoms with Gasteiger partial charge in [0.2, 0.25) is 11.7 Å². The van der Waals surface area contributed by atoms with E-state index in [9.17, 15) is 0 Å². The number of nitrogens with zero attached hydrogens (tertiary/aromatic N) is 3. The average molecular weight is 246 g/mol. The highest BCUT2D eigenvalue weighted by Crippen LogP contribution is 2.24. The van der Waals surface area contributed by atoms with E-state index in [1.807, 2.05) is 19.1 Å². The average Bonchev–Trinajstić information content (AvgIpc) is 2.79. The van der Waals surface area contributed by atoms with Gasteiger partial charge in [-0.05, 0) is 24.5 Å². The Morgan fingerprint density at radius 2 is 2.17 bits per heavy atom. The fraction of sp³-hybridized carbons (Fsp3) is 0.462. The minimum atomic E-state index is 0.0928. The van der Waals surface area contributed by atoms with Gasteiger partial charge >= 0.3 is 0 Å². The summed E-state index contributed by atoms with van der Waals surface area (Å²) < 4.78 is 5.31. The van der Waals surface area contributed by atoms with Crippen LogP contribution in [0.3, 0.4) is 0 Å². The van der Waals surface area contributed by atoms with Gasteiger partial charge in [-0.15, -0.1) is 0 Å². The molecule has 5 nitrogen and oxygen atoms in total. The number of hydrogen-bond acceptors (Lipinski definition) is 5. The third kappa shape index (κ3) is 2.41. The maximum absolute atomic E-state index is 5.74. The highest BCUT2D eigenvalue weighted by atomic mass is 16.5. The van der Waals surface area contributed by atoms with Crippen LogP contribution in [0, 0.1) is 12.8 Å². The highest BCUT2D eigenvalue weighted by molar-refractivity contribution is 5.53. The lowest BCUT2D eigenvalue weighted by Gasteiger charge is -2.13. The SMILES string of the molecule is Cc1cccnc1-c1noc(C(CN)C(C)C)n1. The lowest BCUT2D eigenvalue weighted by molar-refractivity contribution is 0.324. The Morgan fingerprint density at radius 3 is 2.78 bits per heavy atom. The molecule has 96 valence electrons. The molecule has 0 saturated heterocycles. The van der Waals surface area contributed by atoms with Crippen molar-refractivity contribution in [3.05, 3.63) is 29.8 Å². The summed E-state index contributed by atoms with van der Waals surface area (Å²) in [6, 6.07) is 3.86. The van der Waals surface area contributed by atoms with E-state index < -0.39 is 0 Å². The second-order valence-electron chi connectivity index (χ2n) is 4.71. The minimum Gasteiger partial charge on any atom is -0.339 e. The molecule has 18 heavy (non-hydrogen) atoms. The number of rotatable bonds is 4. The smallest absolute Gasteiger partial charge is 0.231 e. The second kappa shape index (κ2) is 5.27. The van der Waals surface area contributed by atoms with Crippen LogP contribution in [0.1, 0.15) is 31.2 Å². The summed E-state index contributed by atoms with van der Waals surface area (Å²) in [5.41, 5.74) is 7.52. The van der Waals surface area contributed by atoms with Crippen molar-refractivity contribution in [2.24, 2.45) is 11.7 Å². The summed E-state index contributed by atoms with van der Waals surface area (Å²) in [5.74, 6) is 1.58. The molecule has 0 bridgehead atoms. The molecule has 0 aliphatic rings. The van der Waals surface area contributed by atoms with Gasteiger partial charge < -0.3 is 10.3 Å². The molecule has 0 aromatic carbocycles. The van der Waals surface area contributed by atoms with E-state index in [1.54, 1.807) is 6.20 Å². The molecule has 0 spiro atoms. The van der Waals surface area contributed by atoms with Crippen molar-refractivity contribution in [2.45, 2.75) is 26.7 Å². The molecule has 2 N–H and O–H groups in total. The van der Waals surface area contributed by atoms with Gasteiger partial charge in [-0.25, -0.2) is 0 Å². The molecule has 0 aliphatic heterocycles. The van der Waals surface area contributed by atoms with Crippen LogP contribution >= 0.6 is 0 Å². The molecule has 1 unspecified atom stereocenters. The lowest BCUT2D eigenvalue weighted by Crippen LogP contribution is -2.18. The van der Waals surface area contributed by atoms with Crippen molar-refractivity contribution in [3.63, 3.8) is 0 Å². The van der Waals surface area contributed by atoms with Crippen molar-refractivity contribution in [2.75, 3.05) is 6.54 Å². The first kappa shape index (κ1) is 12.7. The Balaban J connectivity index is 2.34. The van der Waals surface area contributed by atoms with Crippen molar-refractivity contribution >= 4 is 0 Å². The summed E-state index contributed by atoms with van der Waals surface area (Å²) in [6.07, 6.45) is 1.72. The van der Waals surface area contributed by atoms with Gasteiger partial charge in [-0.3, -0.25) is 4.98 Å². The van der Waals surface area contributed by atoms with E-state index in [0.717, 1.165) is 11.3 Å². The third-order valence-corrected chi connectivity index (χ3v) is 3.04. The first-order valence-electron chi connectivity index (χ1n) is 6.09. The van der Waals surface area contributed by atoms with Crippen molar-refractivity contribution in [3.8, 4) is 11.5 Å². The first-order chi connectivity index (χ1) is 8.63. The molecule has 0 aliphatic carbocycles. The van der Waals surface area contributed by atoms with Crippen LogP contribution in [0.4, 0.5) is 0 Å². The first-order valence-corrected chi connectivity index (χ1v) is 6.09. The van der Waals surface area contributed by atoms with Crippen LogP contribution in [0.5, 0.6) is 0 Å². The summed E-state index contributed by atoms with van der Waals surface area (Å²) in [4.78, 5) is 8.69. The molecule has 2 aromatic rings. The van der Waals surface area contributed by atoms with E-state index in [4.69, 9.17) is 10.3 Å². The number of pyridine rings is 1. The Kier molecular flexibility index (Phi) is 3.72. The molecule has 1 atom stereocenters. The van der Waals surface area contributed by atoms with Crippen LogP contribution < -0.4 is 5.73 Å². The molecule has 2 aromatic heterocycles. The normalized spacial score (nSPS) is 12.9. The predicted molar refractivity (Wildman–Crippen MR) is 68.9 cm³/mol. The van der Waals surface area contributed by atoms with Gasteiger partial charge in [0.1, 0.15) is 5.69 Å².